The number of hydrogen-bond acceptors (Lipinski definition) is 8. The van der Waals surface area contributed by atoms with Crippen molar-refractivity contribution >= 4 is 27.7 Å². The summed E-state index contributed by atoms with van der Waals surface area (Å²) in [6.45, 7) is 12.4. The Morgan fingerprint density at radius 3 is 2.37 bits per heavy atom. The van der Waals surface area contributed by atoms with Gasteiger partial charge in [-0.25, -0.2) is 23.1 Å². The Morgan fingerprint density at radius 1 is 0.910 bits per heavy atom. The molecule has 12 rings (SSSR count). The highest BCUT2D eigenvalue weighted by molar-refractivity contribution is 6.03. The second kappa shape index (κ2) is 14.3. The molecule has 3 aromatic carbocycles. The summed E-state index contributed by atoms with van der Waals surface area (Å²) in [7, 11) is 1.73. The fourth-order valence-electron chi connectivity index (χ4n) is 12.0. The van der Waals surface area contributed by atoms with Gasteiger partial charge in [0.2, 0.25) is 0 Å². The molecule has 67 heavy (non-hydrogen) atoms. The highest BCUT2D eigenvalue weighted by Gasteiger charge is 2.60. The van der Waals surface area contributed by atoms with Crippen LogP contribution in [0, 0.1) is 38.3 Å². The van der Waals surface area contributed by atoms with Crippen molar-refractivity contribution < 1.29 is 22.8 Å². The van der Waals surface area contributed by atoms with Crippen molar-refractivity contribution in [3.05, 3.63) is 139 Å². The van der Waals surface area contributed by atoms with Crippen LogP contribution in [0.2, 0.25) is 0 Å². The number of amides is 1. The number of aromatic nitrogens is 9. The second-order valence-corrected chi connectivity index (χ2v) is 19.9. The molecule has 0 radical (unpaired) electrons. The third-order valence-electron chi connectivity index (χ3n) is 15.4. The third-order valence-corrected chi connectivity index (χ3v) is 15.4. The summed E-state index contributed by atoms with van der Waals surface area (Å²) < 4.78 is 50.7. The Morgan fingerprint density at radius 2 is 1.66 bits per heavy atom. The lowest BCUT2D eigenvalue weighted by molar-refractivity contribution is -0.0592. The van der Waals surface area contributed by atoms with Crippen molar-refractivity contribution in [1.82, 2.24) is 48.3 Å². The van der Waals surface area contributed by atoms with E-state index in [1.54, 1.807) is 60.7 Å². The van der Waals surface area contributed by atoms with Gasteiger partial charge in [0.15, 0.2) is 11.6 Å². The highest BCUT2D eigenvalue weighted by Crippen LogP contribution is 2.57. The zero-order valence-electron chi connectivity index (χ0n) is 38.4. The predicted molar refractivity (Wildman–Crippen MR) is 244 cm³/mol. The highest BCUT2D eigenvalue weighted by atomic mass is 19.1. The van der Waals surface area contributed by atoms with Crippen molar-refractivity contribution in [3.63, 3.8) is 0 Å². The van der Waals surface area contributed by atoms with Crippen molar-refractivity contribution in [2.24, 2.45) is 13.0 Å². The summed E-state index contributed by atoms with van der Waals surface area (Å²) in [5.41, 5.74) is 5.10. The van der Waals surface area contributed by atoms with Crippen LogP contribution in [0.25, 0.3) is 39.0 Å². The molecular weight excluding hydrogens is 859 g/mol. The molecule has 1 amide bonds. The second-order valence-electron chi connectivity index (χ2n) is 19.9. The van der Waals surface area contributed by atoms with Crippen LogP contribution in [0.3, 0.4) is 0 Å². The standard InChI is InChI=1S/C50H50F2N10O5/c1-25-18-32(19-26(2)41(25)51)62-44(59-16-15-58(48(59)65)39-13-12-36-34(42(39)52)24-53-57(36)7)40-35(55-62)21-31-9-11-38(40)60(31)45(63)43-28(4)33-20-29(30-14-17-66-49(5,6)23-30)8-10-37(33)61(43)50(22-27(50)3)46-54-47(64)67-56-46/h8,10,12-13,15-16,18-20,24,27,30-31,38H,9,11,14,17,21-23H2,1-7H3,(H,54,56,64)/t27-,30-,31+,38-,50-/m0/s1. The smallest absolute Gasteiger partial charge is 0.376 e. The molecule has 3 fully saturated rings. The molecule has 1 saturated carbocycles. The minimum atomic E-state index is -0.857. The van der Waals surface area contributed by atoms with E-state index in [9.17, 15) is 9.59 Å². The number of imidazole rings is 1. The van der Waals surface area contributed by atoms with E-state index < -0.39 is 28.8 Å². The van der Waals surface area contributed by atoms with Gasteiger partial charge < -0.3 is 14.2 Å². The fourth-order valence-corrected chi connectivity index (χ4v) is 12.0. The Kier molecular flexibility index (Phi) is 8.87. The molecule has 1 N–H and O–H groups in total. The molecule has 15 nitrogen and oxygen atoms in total. The first-order valence-electron chi connectivity index (χ1n) is 23.0. The molecule has 17 heteroatoms. The van der Waals surface area contributed by atoms with E-state index in [-0.39, 0.29) is 46.3 Å². The summed E-state index contributed by atoms with van der Waals surface area (Å²) in [5.74, 6) is -0.751. The van der Waals surface area contributed by atoms with E-state index in [1.165, 1.54) is 27.1 Å². The van der Waals surface area contributed by atoms with Gasteiger partial charge in [0.05, 0.1) is 45.8 Å². The monoisotopic (exact) mass is 908 g/mol. The number of carbonyl (C=O) groups excluding carboxylic acids is 1. The third kappa shape index (κ3) is 5.95. The lowest BCUT2D eigenvalue weighted by Crippen LogP contribution is -2.44. The van der Waals surface area contributed by atoms with E-state index in [4.69, 9.17) is 14.4 Å². The van der Waals surface area contributed by atoms with Crippen LogP contribution in [-0.4, -0.2) is 72.5 Å². The molecular formula is C50H50F2N10O5. The number of rotatable bonds is 7. The van der Waals surface area contributed by atoms with E-state index in [0.717, 1.165) is 35.0 Å². The topological polar surface area (TPSA) is 156 Å². The van der Waals surface area contributed by atoms with Crippen LogP contribution in [0.5, 0.6) is 0 Å². The molecule has 0 unspecified atom stereocenters. The average Bonchev–Trinajstić information content (AvgIpc) is 3.97. The van der Waals surface area contributed by atoms with Crippen LogP contribution < -0.4 is 11.4 Å². The van der Waals surface area contributed by atoms with Gasteiger partial charge in [-0.15, -0.1) is 0 Å². The molecule has 3 aliphatic heterocycles. The van der Waals surface area contributed by atoms with E-state index in [2.05, 4.69) is 58.8 Å². The maximum Gasteiger partial charge on any atom is 0.438 e. The number of H-pyrrole nitrogens is 1. The SMILES string of the molecule is Cc1cc(-n2nc3c(c2-n2ccn(-c4ccc5c(cnn5C)c4F)c2=O)[C@@H]2CC[C@H](C3)N2C(=O)c2c(C)c3cc([C@H]4CCOC(C)(C)C4)ccc3n2[C@@]2(c3noc(=O)[nH]3)C[C@@H]2C)cc(C)c1F. The normalized spacial score (nSPS) is 23.1. The van der Waals surface area contributed by atoms with Crippen molar-refractivity contribution in [1.29, 1.82) is 0 Å². The molecule has 5 atom stereocenters. The Balaban J connectivity index is 1.03. The molecule has 0 spiro atoms. The van der Waals surface area contributed by atoms with Crippen LogP contribution in [-0.2, 0) is 23.7 Å². The molecule has 1 aliphatic carbocycles. The first kappa shape index (κ1) is 41.5. The number of carbonyl (C=O) groups is 1. The first-order chi connectivity index (χ1) is 32.1. The molecule has 8 aromatic rings. The number of hydrogen-bond donors (Lipinski definition) is 1. The minimum Gasteiger partial charge on any atom is -0.376 e. The quantitative estimate of drug-likeness (QED) is 0.169. The summed E-state index contributed by atoms with van der Waals surface area (Å²) in [6, 6.07) is 12.4. The number of ether oxygens (including phenoxy) is 1. The summed E-state index contributed by atoms with van der Waals surface area (Å²) in [5, 5.41) is 14.8. The maximum atomic E-state index is 16.2. The predicted octanol–water partition coefficient (Wildman–Crippen LogP) is 7.89. The van der Waals surface area contributed by atoms with E-state index >= 15 is 13.6 Å². The molecule has 2 bridgehead atoms. The van der Waals surface area contributed by atoms with Gasteiger partial charge in [0.1, 0.15) is 22.9 Å². The van der Waals surface area contributed by atoms with Gasteiger partial charge >= 0.3 is 11.4 Å². The lowest BCUT2D eigenvalue weighted by atomic mass is 9.83. The number of nitrogens with zero attached hydrogens (tertiary/aromatic N) is 9. The number of aryl methyl sites for hydroxylation is 4. The Hall–Kier alpha value is -6.88. The average molecular weight is 909 g/mol. The van der Waals surface area contributed by atoms with Gasteiger partial charge in [-0.1, -0.05) is 18.1 Å². The minimum absolute atomic E-state index is 0.00233. The van der Waals surface area contributed by atoms with Gasteiger partial charge in [-0.2, -0.15) is 10.2 Å². The van der Waals surface area contributed by atoms with Gasteiger partial charge in [-0.05, 0) is 137 Å². The van der Waals surface area contributed by atoms with Crippen molar-refractivity contribution in [2.45, 2.75) is 109 Å². The Bertz CT molecular complexity index is 3500. The molecule has 8 heterocycles. The van der Waals surface area contributed by atoms with E-state index in [1.807, 2.05) is 11.8 Å². The van der Waals surface area contributed by atoms with Gasteiger partial charge in [-0.3, -0.25) is 28.1 Å². The molecule has 2 saturated heterocycles. The lowest BCUT2D eigenvalue weighted by Gasteiger charge is -2.36. The maximum absolute atomic E-state index is 16.2. The summed E-state index contributed by atoms with van der Waals surface area (Å²) in [6.07, 6.45) is 8.60. The van der Waals surface area contributed by atoms with Gasteiger partial charge in [0.25, 0.3) is 5.91 Å². The number of halogens is 2. The zero-order valence-corrected chi connectivity index (χ0v) is 38.4. The van der Waals surface area contributed by atoms with Crippen LogP contribution in [0.15, 0.2) is 75.2 Å². The van der Waals surface area contributed by atoms with Crippen LogP contribution >= 0.6 is 0 Å². The summed E-state index contributed by atoms with van der Waals surface area (Å²) >= 11 is 0. The van der Waals surface area contributed by atoms with Crippen molar-refractivity contribution in [2.75, 3.05) is 6.61 Å². The number of fused-ring (bicyclic) bond motifs is 6. The largest absolute Gasteiger partial charge is 0.438 e. The van der Waals surface area contributed by atoms with Crippen molar-refractivity contribution in [3.8, 4) is 17.2 Å². The summed E-state index contributed by atoms with van der Waals surface area (Å²) in [4.78, 5) is 48.2. The number of nitrogens with one attached hydrogen (secondary N) is 1. The van der Waals surface area contributed by atoms with Crippen LogP contribution in [0.1, 0.15) is 115 Å². The zero-order chi connectivity index (χ0) is 46.6. The van der Waals surface area contributed by atoms with Gasteiger partial charge in [0, 0.05) is 55.0 Å². The van der Waals surface area contributed by atoms with E-state index in [0.29, 0.717) is 77.5 Å². The Labute approximate surface area is 382 Å². The fraction of sp³-hybridized carbons (Fsp3) is 0.400. The van der Waals surface area contributed by atoms with Crippen LogP contribution in [0.4, 0.5) is 8.78 Å². The first-order valence-corrected chi connectivity index (χ1v) is 23.0. The molecule has 4 aliphatic rings. The number of aromatic amines is 1. The molecule has 5 aromatic heterocycles. The number of benzene rings is 3. The molecule has 344 valence electrons.